The van der Waals surface area contributed by atoms with E-state index in [0.717, 1.165) is 115 Å². The minimum atomic E-state index is -0.489. The molecule has 4 amide bonds. The van der Waals surface area contributed by atoms with Crippen LogP contribution in [0.5, 0.6) is 0 Å². The predicted molar refractivity (Wildman–Crippen MR) is 240 cm³/mol. The highest BCUT2D eigenvalue weighted by molar-refractivity contribution is 6.42. The molecule has 0 saturated carbocycles. The first-order valence-corrected chi connectivity index (χ1v) is 22.8. The third-order valence-electron chi connectivity index (χ3n) is 12.3. The molecule has 2 unspecified atom stereocenters. The Morgan fingerprint density at radius 3 is 1.87 bits per heavy atom. The first-order valence-electron chi connectivity index (χ1n) is 22.8. The molecule has 326 valence electrons. The van der Waals surface area contributed by atoms with E-state index in [1.54, 1.807) is 18.2 Å². The Kier molecular flexibility index (Phi) is 17.8. The van der Waals surface area contributed by atoms with Crippen LogP contribution in [0.4, 0.5) is 11.4 Å². The van der Waals surface area contributed by atoms with E-state index in [4.69, 9.17) is 0 Å². The zero-order valence-electron chi connectivity index (χ0n) is 36.5. The molecule has 0 bridgehead atoms. The Bertz CT molecular complexity index is 1880. The zero-order valence-corrected chi connectivity index (χ0v) is 36.5. The van der Waals surface area contributed by atoms with Gasteiger partial charge in [-0.2, -0.15) is 0 Å². The molecular formula is C48H68N6O6. The Morgan fingerprint density at radius 1 is 0.733 bits per heavy atom. The molecule has 0 aromatic heterocycles. The maximum atomic E-state index is 14.2. The van der Waals surface area contributed by atoms with Crippen LogP contribution in [0.2, 0.25) is 0 Å². The summed E-state index contributed by atoms with van der Waals surface area (Å²) >= 11 is 0. The van der Waals surface area contributed by atoms with Gasteiger partial charge in [0.15, 0.2) is 0 Å². The number of Topliss-reactive ketones (excluding diaryl/α,β-unsaturated/α-hetero) is 1. The quantitative estimate of drug-likeness (QED) is 0.0854. The van der Waals surface area contributed by atoms with Crippen LogP contribution in [0, 0.1) is 11.8 Å². The smallest absolute Gasteiger partial charge is 0.246 e. The van der Waals surface area contributed by atoms with Gasteiger partial charge in [0.25, 0.3) is 0 Å². The second kappa shape index (κ2) is 23.1. The molecule has 4 N–H and O–H groups in total. The zero-order chi connectivity index (χ0) is 43.0. The van der Waals surface area contributed by atoms with Crippen molar-refractivity contribution in [2.75, 3.05) is 49.5 Å². The van der Waals surface area contributed by atoms with E-state index in [0.29, 0.717) is 41.7 Å². The predicted octanol–water partition coefficient (Wildman–Crippen LogP) is 8.12. The van der Waals surface area contributed by atoms with Crippen molar-refractivity contribution < 1.29 is 29.1 Å². The number of nitrogens with one attached hydrogen (secondary N) is 3. The molecule has 2 saturated heterocycles. The summed E-state index contributed by atoms with van der Waals surface area (Å²) in [6.45, 7) is 13.2. The number of amides is 4. The normalized spacial score (nSPS) is 19.4. The van der Waals surface area contributed by atoms with E-state index < -0.39 is 11.7 Å². The molecule has 12 nitrogen and oxygen atoms in total. The highest BCUT2D eigenvalue weighted by Crippen LogP contribution is 2.43. The number of ketones is 1. The lowest BCUT2D eigenvalue weighted by Gasteiger charge is -2.28. The number of carbonyl (C=O) groups excluding carboxylic acids is 5. The van der Waals surface area contributed by atoms with Gasteiger partial charge in [-0.05, 0) is 86.8 Å². The standard InChI is InChI=1S/C48H68N6O6/c1-5-9-15-33(7-3)31-49-41(55)21-23-43(57)51-39-29-35(53-25-11-12-26-53)17-19-37(39)45-47(59)46(48(45)60)38-20-18-36(54-27-13-14-28-54)30-40(38)52-44(58)24-22-42(56)50-32-34(8-4)16-10-6-2/h17-20,29-30,33-34,59H,5-16,21-28,31-32H2,1-4H3,(H,49,55)(H,50,56)(H,51,57). The number of anilines is 2. The Balaban J connectivity index is 1.36. The summed E-state index contributed by atoms with van der Waals surface area (Å²) in [7, 11) is 0. The molecule has 0 spiro atoms. The Labute approximate surface area is 357 Å². The molecule has 0 radical (unpaired) electrons. The van der Waals surface area contributed by atoms with Crippen LogP contribution in [0.1, 0.15) is 136 Å². The van der Waals surface area contributed by atoms with E-state index in [1.165, 1.54) is 0 Å². The van der Waals surface area contributed by atoms with Gasteiger partial charge in [0.05, 0.1) is 22.5 Å². The Hall–Kier alpha value is -5.00. The summed E-state index contributed by atoms with van der Waals surface area (Å²) in [4.78, 5) is 75.1. The fourth-order valence-electron chi connectivity index (χ4n) is 8.35. The van der Waals surface area contributed by atoms with E-state index in [-0.39, 0.29) is 66.0 Å². The van der Waals surface area contributed by atoms with Crippen LogP contribution in [0.25, 0.3) is 5.57 Å². The van der Waals surface area contributed by atoms with Crippen LogP contribution in [0.3, 0.4) is 0 Å². The number of likely N-dealkylation sites (tertiary alicyclic amines) is 1. The number of carbonyl (C=O) groups is 5. The van der Waals surface area contributed by atoms with Gasteiger partial charge >= 0.3 is 0 Å². The summed E-state index contributed by atoms with van der Waals surface area (Å²) < 4.78 is 0. The fraction of sp³-hybridized carbons (Fsp3) is 0.583. The molecule has 2 fully saturated rings. The highest BCUT2D eigenvalue weighted by Gasteiger charge is 2.39. The van der Waals surface area contributed by atoms with Crippen molar-refractivity contribution in [3.05, 3.63) is 64.6 Å². The topological polar surface area (TPSA) is 161 Å². The first kappa shape index (κ1) is 46.1. The second-order valence-electron chi connectivity index (χ2n) is 16.7. The van der Waals surface area contributed by atoms with Crippen molar-refractivity contribution in [1.82, 2.24) is 15.5 Å². The van der Waals surface area contributed by atoms with E-state index in [2.05, 4.69) is 58.4 Å². The van der Waals surface area contributed by atoms with Gasteiger partial charge in [-0.1, -0.05) is 66.2 Å². The van der Waals surface area contributed by atoms with Crippen molar-refractivity contribution >= 4 is 52.1 Å². The summed E-state index contributed by atoms with van der Waals surface area (Å²) in [6.07, 6.45) is 18.0. The number of benzene rings is 1. The van der Waals surface area contributed by atoms with Crippen LogP contribution in [-0.2, 0) is 24.0 Å². The molecule has 12 heteroatoms. The number of hydrogen-bond acceptors (Lipinski definition) is 8. The van der Waals surface area contributed by atoms with Crippen LogP contribution in [-0.4, -0.2) is 84.4 Å². The molecular weight excluding hydrogens is 757 g/mol. The largest absolute Gasteiger partial charge is 0.506 e. The fourth-order valence-corrected chi connectivity index (χ4v) is 8.35. The van der Waals surface area contributed by atoms with Gasteiger partial charge in [-0.25, -0.2) is 4.99 Å². The van der Waals surface area contributed by atoms with Gasteiger partial charge in [0.2, 0.25) is 29.4 Å². The van der Waals surface area contributed by atoms with Crippen molar-refractivity contribution in [1.29, 1.82) is 0 Å². The lowest BCUT2D eigenvalue weighted by Crippen LogP contribution is -2.30. The molecule has 5 rings (SSSR count). The van der Waals surface area contributed by atoms with E-state index in [1.807, 2.05) is 18.2 Å². The molecule has 2 aliphatic heterocycles. The van der Waals surface area contributed by atoms with Crippen molar-refractivity contribution in [3.8, 4) is 0 Å². The average Bonchev–Trinajstić information content (AvgIpc) is 4.00. The molecule has 2 atom stereocenters. The minimum absolute atomic E-state index is 0.00343. The summed E-state index contributed by atoms with van der Waals surface area (Å²) in [6, 6.07) is 5.48. The lowest BCUT2D eigenvalue weighted by atomic mass is 9.78. The summed E-state index contributed by atoms with van der Waals surface area (Å²) in [5.74, 6) is -1.10. The number of aliphatic imine (C=N–C) groups is 1. The Morgan fingerprint density at radius 2 is 1.30 bits per heavy atom. The second-order valence-corrected chi connectivity index (χ2v) is 16.7. The molecule has 4 aliphatic rings. The van der Waals surface area contributed by atoms with Crippen molar-refractivity contribution in [3.63, 3.8) is 0 Å². The van der Waals surface area contributed by atoms with Crippen LogP contribution < -0.4 is 20.9 Å². The van der Waals surface area contributed by atoms with Crippen LogP contribution >= 0.6 is 0 Å². The lowest BCUT2D eigenvalue weighted by molar-refractivity contribution is -0.125. The van der Waals surface area contributed by atoms with Gasteiger partial charge in [-0.3, -0.25) is 24.0 Å². The summed E-state index contributed by atoms with van der Waals surface area (Å²) in [5, 5.41) is 20.6. The van der Waals surface area contributed by atoms with Crippen LogP contribution in [0.15, 0.2) is 64.0 Å². The molecule has 60 heavy (non-hydrogen) atoms. The van der Waals surface area contributed by atoms with Gasteiger partial charge in [0.1, 0.15) is 5.76 Å². The number of rotatable bonds is 22. The van der Waals surface area contributed by atoms with Gasteiger partial charge < -0.3 is 30.9 Å². The van der Waals surface area contributed by atoms with Crippen molar-refractivity contribution in [2.45, 2.75) is 130 Å². The molecule has 2 heterocycles. The maximum Gasteiger partial charge on any atom is 0.246 e. The number of hydrogen-bond donors (Lipinski definition) is 4. The number of nitrogens with zero attached hydrogens (tertiary/aromatic N) is 3. The first-order chi connectivity index (χ1) is 29.1. The number of aliphatic hydroxyl groups excluding tert-OH is 1. The van der Waals surface area contributed by atoms with E-state index >= 15 is 0 Å². The SMILES string of the molecule is CCCCC(CC)CNC(=O)CCC(=O)N=C1C=C(N2CCCC2)C=CC1=C1C(=O)C(c2ccc(N3CCCC3)cc2NC(=O)CCC(=O)NCC(CC)CCCC)=C1O. The highest BCUT2D eigenvalue weighted by atomic mass is 16.3. The summed E-state index contributed by atoms with van der Waals surface area (Å²) in [5.41, 5.74) is 3.20. The number of unbranched alkanes of at least 4 members (excludes halogenated alkanes) is 2. The third kappa shape index (κ3) is 12.5. The number of aliphatic hydroxyl groups is 1. The molecule has 2 aliphatic carbocycles. The third-order valence-corrected chi connectivity index (χ3v) is 12.3. The molecule has 1 aromatic carbocycles. The van der Waals surface area contributed by atoms with Gasteiger partial charge in [0, 0.05) is 87.5 Å². The van der Waals surface area contributed by atoms with Gasteiger partial charge in [-0.15, -0.1) is 0 Å². The number of allylic oxidation sites excluding steroid dienone is 6. The minimum Gasteiger partial charge on any atom is -0.506 e. The maximum absolute atomic E-state index is 14.2. The average molecular weight is 825 g/mol. The van der Waals surface area contributed by atoms with E-state index in [9.17, 15) is 29.1 Å². The van der Waals surface area contributed by atoms with Crippen molar-refractivity contribution in [2.24, 2.45) is 16.8 Å². The monoisotopic (exact) mass is 825 g/mol. The molecule has 1 aromatic rings.